The summed E-state index contributed by atoms with van der Waals surface area (Å²) in [6.07, 6.45) is 3.54. The molecular weight excluding hydrogens is 416 g/mol. The van der Waals surface area contributed by atoms with Crippen molar-refractivity contribution in [1.82, 2.24) is 8.61 Å². The summed E-state index contributed by atoms with van der Waals surface area (Å²) in [4.78, 5) is 12.4. The number of morpholine rings is 1. The van der Waals surface area contributed by atoms with Crippen LogP contribution in [-0.2, 0) is 29.6 Å². The van der Waals surface area contributed by atoms with E-state index in [0.29, 0.717) is 19.6 Å². The Balaban J connectivity index is 1.58. The second-order valence-electron chi connectivity index (χ2n) is 7.78. The van der Waals surface area contributed by atoms with E-state index in [4.69, 9.17) is 4.74 Å². The Kier molecular flexibility index (Phi) is 5.82. The molecule has 1 saturated carbocycles. The quantitative estimate of drug-likeness (QED) is 0.695. The van der Waals surface area contributed by atoms with E-state index in [1.807, 2.05) is 0 Å². The van der Waals surface area contributed by atoms with Crippen molar-refractivity contribution in [2.45, 2.75) is 47.9 Å². The average molecular weight is 443 g/mol. The fourth-order valence-corrected chi connectivity index (χ4v) is 7.66. The highest BCUT2D eigenvalue weighted by Gasteiger charge is 2.43. The van der Waals surface area contributed by atoms with Crippen molar-refractivity contribution >= 4 is 25.8 Å². The number of rotatable bonds is 4. The molecule has 2 atom stereocenters. The predicted octanol–water partition coefficient (Wildman–Crippen LogP) is 1.23. The van der Waals surface area contributed by atoms with Crippen molar-refractivity contribution in [3.63, 3.8) is 0 Å². The number of piperidine rings is 1. The van der Waals surface area contributed by atoms with E-state index in [1.165, 1.54) is 32.9 Å². The van der Waals surface area contributed by atoms with Crippen LogP contribution in [0.3, 0.4) is 0 Å². The van der Waals surface area contributed by atoms with Crippen molar-refractivity contribution in [2.24, 2.45) is 5.92 Å². The first-order valence-corrected chi connectivity index (χ1v) is 12.9. The zero-order valence-electron chi connectivity index (χ0n) is 16.2. The number of fused-ring (bicyclic) bond motifs is 1. The molecule has 1 aromatic rings. The van der Waals surface area contributed by atoms with Crippen LogP contribution in [0, 0.1) is 5.92 Å². The highest BCUT2D eigenvalue weighted by molar-refractivity contribution is 7.89. The van der Waals surface area contributed by atoms with Gasteiger partial charge in [0.1, 0.15) is 5.78 Å². The van der Waals surface area contributed by atoms with Gasteiger partial charge in [0.25, 0.3) is 0 Å². The maximum atomic E-state index is 13.2. The van der Waals surface area contributed by atoms with E-state index in [9.17, 15) is 21.6 Å². The number of sulfonamides is 2. The molecule has 4 rings (SSSR count). The average Bonchev–Trinajstić information content (AvgIpc) is 2.75. The maximum absolute atomic E-state index is 13.2. The molecule has 3 aliphatic rings. The Bertz CT molecular complexity index is 968. The van der Waals surface area contributed by atoms with Crippen molar-refractivity contribution in [3.05, 3.63) is 24.3 Å². The van der Waals surface area contributed by atoms with E-state index in [-0.39, 0.29) is 53.6 Å². The summed E-state index contributed by atoms with van der Waals surface area (Å²) in [7, 11) is -7.47. The zero-order valence-corrected chi connectivity index (χ0v) is 17.8. The number of hydrogen-bond donors (Lipinski definition) is 0. The number of carbonyl (C=O) groups excluding carboxylic acids is 1. The number of Topliss-reactive ketones (excluding diaryl/α,β-unsaturated/α-hetero) is 1. The monoisotopic (exact) mass is 442 g/mol. The van der Waals surface area contributed by atoms with E-state index in [0.717, 1.165) is 19.3 Å². The van der Waals surface area contributed by atoms with Crippen LogP contribution in [0.2, 0.25) is 0 Å². The third-order valence-corrected chi connectivity index (χ3v) is 9.98. The lowest BCUT2D eigenvalue weighted by molar-refractivity contribution is -0.128. The van der Waals surface area contributed by atoms with E-state index in [2.05, 4.69) is 0 Å². The minimum absolute atomic E-state index is 0.0668. The van der Waals surface area contributed by atoms with E-state index < -0.39 is 20.0 Å². The molecule has 2 saturated heterocycles. The van der Waals surface area contributed by atoms with Crippen LogP contribution in [0.1, 0.15) is 32.1 Å². The number of benzene rings is 1. The molecule has 0 aromatic heterocycles. The van der Waals surface area contributed by atoms with Crippen molar-refractivity contribution in [3.8, 4) is 0 Å². The second-order valence-corrected chi connectivity index (χ2v) is 11.6. The Morgan fingerprint density at radius 1 is 0.828 bits per heavy atom. The minimum Gasteiger partial charge on any atom is -0.379 e. The van der Waals surface area contributed by atoms with Crippen LogP contribution in [0.15, 0.2) is 34.1 Å². The highest BCUT2D eigenvalue weighted by atomic mass is 32.2. The van der Waals surface area contributed by atoms with Crippen molar-refractivity contribution in [1.29, 1.82) is 0 Å². The fraction of sp³-hybridized carbons (Fsp3) is 0.632. The van der Waals surface area contributed by atoms with Gasteiger partial charge in [-0.3, -0.25) is 4.79 Å². The first kappa shape index (κ1) is 20.9. The zero-order chi connectivity index (χ0) is 20.6. The molecule has 8 nitrogen and oxygen atoms in total. The summed E-state index contributed by atoms with van der Waals surface area (Å²) < 4.78 is 60.0. The van der Waals surface area contributed by atoms with Gasteiger partial charge in [0.05, 0.1) is 23.0 Å². The van der Waals surface area contributed by atoms with Crippen LogP contribution in [0.4, 0.5) is 0 Å². The van der Waals surface area contributed by atoms with E-state index in [1.54, 1.807) is 0 Å². The van der Waals surface area contributed by atoms with Gasteiger partial charge in [-0.05, 0) is 37.1 Å². The summed E-state index contributed by atoms with van der Waals surface area (Å²) >= 11 is 0. The fourth-order valence-electron chi connectivity index (χ4n) is 4.56. The van der Waals surface area contributed by atoms with Gasteiger partial charge >= 0.3 is 0 Å². The Hall–Kier alpha value is -1.33. The lowest BCUT2D eigenvalue weighted by atomic mass is 9.79. The molecule has 10 heteroatoms. The predicted molar refractivity (Wildman–Crippen MR) is 105 cm³/mol. The summed E-state index contributed by atoms with van der Waals surface area (Å²) in [6.45, 7) is 1.46. The molecule has 0 radical (unpaired) electrons. The van der Waals surface area contributed by atoms with Gasteiger partial charge in [0.15, 0.2) is 0 Å². The lowest BCUT2D eigenvalue weighted by Gasteiger charge is -2.42. The summed E-state index contributed by atoms with van der Waals surface area (Å²) in [5.41, 5.74) is 0. The van der Waals surface area contributed by atoms with Crippen LogP contribution in [0.5, 0.6) is 0 Å². The van der Waals surface area contributed by atoms with Gasteiger partial charge in [-0.1, -0.05) is 12.8 Å². The standard InChI is InChI=1S/C19H26N2O6S2/c22-19-9-10-21(18-4-2-1-3-17(18)19)29(25,26)16-7-5-15(6-8-16)28(23,24)20-11-13-27-14-12-20/h5-8,17-18H,1-4,9-14H2/t17-,18+/m0/s1. The third kappa shape index (κ3) is 3.88. The molecule has 1 aromatic carbocycles. The Morgan fingerprint density at radius 3 is 2.07 bits per heavy atom. The van der Waals surface area contributed by atoms with Crippen LogP contribution in [-0.4, -0.2) is 70.1 Å². The molecular formula is C19H26N2O6S2. The first-order valence-electron chi connectivity index (χ1n) is 10.0. The topological polar surface area (TPSA) is 101 Å². The third-order valence-electron chi connectivity index (χ3n) is 6.13. The van der Waals surface area contributed by atoms with Crippen LogP contribution < -0.4 is 0 Å². The summed E-state index contributed by atoms with van der Waals surface area (Å²) in [5.74, 6) is -0.0543. The molecule has 0 spiro atoms. The molecule has 0 N–H and O–H groups in total. The normalized spacial score (nSPS) is 27.5. The largest absolute Gasteiger partial charge is 0.379 e. The first-order chi connectivity index (χ1) is 13.8. The second kappa shape index (κ2) is 8.07. The van der Waals surface area contributed by atoms with Gasteiger partial charge < -0.3 is 4.74 Å². The molecule has 0 unspecified atom stereocenters. The molecule has 3 fully saturated rings. The maximum Gasteiger partial charge on any atom is 0.243 e. The number of ketones is 1. The van der Waals surface area contributed by atoms with Gasteiger partial charge in [-0.2, -0.15) is 8.61 Å². The molecule has 2 heterocycles. The molecule has 2 aliphatic heterocycles. The summed E-state index contributed by atoms with van der Waals surface area (Å²) in [6, 6.07) is 5.14. The van der Waals surface area contributed by atoms with Crippen molar-refractivity contribution in [2.75, 3.05) is 32.8 Å². The molecule has 0 amide bonds. The summed E-state index contributed by atoms with van der Waals surface area (Å²) in [5, 5.41) is 0. The van der Waals surface area contributed by atoms with Crippen LogP contribution >= 0.6 is 0 Å². The minimum atomic E-state index is -3.79. The van der Waals surface area contributed by atoms with Crippen molar-refractivity contribution < 1.29 is 26.4 Å². The SMILES string of the molecule is O=C1CCN(S(=O)(=O)c2ccc(S(=O)(=O)N3CCOCC3)cc2)[C@@H]2CCCC[C@H]12. The lowest BCUT2D eigenvalue weighted by Crippen LogP contribution is -2.53. The van der Waals surface area contributed by atoms with Gasteiger partial charge in [0.2, 0.25) is 20.0 Å². The number of carbonyl (C=O) groups is 1. The molecule has 1 aliphatic carbocycles. The highest BCUT2D eigenvalue weighted by Crippen LogP contribution is 2.36. The number of hydrogen-bond acceptors (Lipinski definition) is 6. The Morgan fingerprint density at radius 2 is 1.41 bits per heavy atom. The van der Waals surface area contributed by atoms with Gasteiger partial charge in [-0.15, -0.1) is 0 Å². The smallest absolute Gasteiger partial charge is 0.243 e. The Labute approximate surface area is 171 Å². The molecule has 29 heavy (non-hydrogen) atoms. The number of ether oxygens (including phenoxy) is 1. The van der Waals surface area contributed by atoms with E-state index >= 15 is 0 Å². The number of nitrogens with zero attached hydrogens (tertiary/aromatic N) is 2. The van der Waals surface area contributed by atoms with Crippen LogP contribution in [0.25, 0.3) is 0 Å². The van der Waals surface area contributed by atoms with Gasteiger partial charge in [0, 0.05) is 38.0 Å². The molecule has 0 bridgehead atoms. The molecule has 160 valence electrons. The van der Waals surface area contributed by atoms with Gasteiger partial charge in [-0.25, -0.2) is 16.8 Å².